The summed E-state index contributed by atoms with van der Waals surface area (Å²) in [5.74, 6) is 1.65. The summed E-state index contributed by atoms with van der Waals surface area (Å²) in [6, 6.07) is 13.2. The first-order chi connectivity index (χ1) is 15.1. The molecule has 0 amide bonds. The third-order valence-electron chi connectivity index (χ3n) is 5.53. The monoisotopic (exact) mass is 438 g/mol. The number of hydrogen-bond donors (Lipinski definition) is 1. The van der Waals surface area contributed by atoms with Crippen LogP contribution >= 0.6 is 12.2 Å². The first-order valence-electron chi connectivity index (χ1n) is 10.4. The highest BCUT2D eigenvalue weighted by molar-refractivity contribution is 7.80. The molecule has 7 heteroatoms. The number of thiocarbonyl (C=S) groups is 1. The Kier molecular flexibility index (Phi) is 6.72. The molecule has 0 saturated heterocycles. The molecule has 1 aliphatic carbocycles. The van der Waals surface area contributed by atoms with E-state index in [1.807, 2.05) is 30.3 Å². The molecule has 2 aliphatic rings. The number of esters is 1. The first kappa shape index (κ1) is 21.2. The molecule has 1 atom stereocenters. The van der Waals surface area contributed by atoms with Crippen LogP contribution in [0.15, 0.2) is 54.6 Å². The maximum absolute atomic E-state index is 12.1. The van der Waals surface area contributed by atoms with E-state index >= 15 is 0 Å². The number of carbonyl (C=O) groups excluding carboxylic acids is 1. The Morgan fingerprint density at radius 3 is 2.84 bits per heavy atom. The van der Waals surface area contributed by atoms with E-state index in [-0.39, 0.29) is 6.79 Å². The molecule has 6 nitrogen and oxygen atoms in total. The van der Waals surface area contributed by atoms with E-state index in [2.05, 4.69) is 22.4 Å². The molecule has 4 rings (SSSR count). The van der Waals surface area contributed by atoms with E-state index < -0.39 is 5.97 Å². The zero-order chi connectivity index (χ0) is 21.6. The summed E-state index contributed by atoms with van der Waals surface area (Å²) in [4.78, 5) is 14.3. The highest BCUT2D eigenvalue weighted by Gasteiger charge is 2.21. The van der Waals surface area contributed by atoms with Gasteiger partial charge in [-0.15, -0.1) is 0 Å². The van der Waals surface area contributed by atoms with Crippen LogP contribution in [0.1, 0.15) is 35.2 Å². The van der Waals surface area contributed by atoms with Crippen LogP contribution in [0, 0.1) is 5.92 Å². The van der Waals surface area contributed by atoms with Crippen molar-refractivity contribution in [3.8, 4) is 11.5 Å². The molecule has 0 bridgehead atoms. The molecule has 0 spiro atoms. The Bertz CT molecular complexity index is 991. The van der Waals surface area contributed by atoms with E-state index in [4.69, 9.17) is 26.4 Å². The van der Waals surface area contributed by atoms with Crippen LogP contribution in [0.2, 0.25) is 0 Å². The number of nitrogens with one attached hydrogen (secondary N) is 1. The molecule has 1 aliphatic heterocycles. The number of methoxy groups -OCH3 is 1. The van der Waals surface area contributed by atoms with Crippen molar-refractivity contribution in [1.82, 2.24) is 4.90 Å². The fraction of sp³-hybridized carbons (Fsp3) is 0.333. The Hall–Kier alpha value is -3.06. The van der Waals surface area contributed by atoms with Crippen molar-refractivity contribution in [1.29, 1.82) is 0 Å². The van der Waals surface area contributed by atoms with Gasteiger partial charge in [-0.05, 0) is 67.2 Å². The lowest BCUT2D eigenvalue weighted by molar-refractivity contribution is 0.0602. The van der Waals surface area contributed by atoms with E-state index in [1.165, 1.54) is 7.11 Å². The number of para-hydroxylation sites is 1. The number of nitrogens with zero attached hydrogens (tertiary/aromatic N) is 1. The minimum absolute atomic E-state index is 0.251. The molecule has 1 heterocycles. The van der Waals surface area contributed by atoms with Crippen LogP contribution in [0.25, 0.3) is 0 Å². The van der Waals surface area contributed by atoms with Gasteiger partial charge in [-0.3, -0.25) is 0 Å². The molecule has 0 fully saturated rings. The van der Waals surface area contributed by atoms with Gasteiger partial charge < -0.3 is 24.4 Å². The standard InChI is InChI=1S/C24H26N2O4S/c1-28-23(27)19-9-5-6-10-20(19)25-24(31)26(14-17-7-3-2-4-8-17)15-18-11-12-21-22(13-18)30-16-29-21/h2-3,5-6,9-13,17H,4,7-8,14-16H2,1H3,(H,25,31). The molecule has 0 aromatic heterocycles. The van der Waals surface area contributed by atoms with Gasteiger partial charge in [-0.2, -0.15) is 0 Å². The molecule has 1 N–H and O–H groups in total. The van der Waals surface area contributed by atoms with Crippen molar-refractivity contribution in [2.24, 2.45) is 5.92 Å². The largest absolute Gasteiger partial charge is 0.465 e. The van der Waals surface area contributed by atoms with Crippen LogP contribution in [-0.2, 0) is 11.3 Å². The van der Waals surface area contributed by atoms with Gasteiger partial charge in [0.2, 0.25) is 6.79 Å². The number of ether oxygens (including phenoxy) is 3. The van der Waals surface area contributed by atoms with E-state index in [9.17, 15) is 4.79 Å². The van der Waals surface area contributed by atoms with Crippen LogP contribution in [-0.4, -0.2) is 36.4 Å². The summed E-state index contributed by atoms with van der Waals surface area (Å²) in [7, 11) is 1.37. The van der Waals surface area contributed by atoms with Crippen LogP contribution in [0.4, 0.5) is 5.69 Å². The highest BCUT2D eigenvalue weighted by Crippen LogP contribution is 2.33. The van der Waals surface area contributed by atoms with Gasteiger partial charge in [-0.1, -0.05) is 30.4 Å². The molecule has 0 saturated carbocycles. The van der Waals surface area contributed by atoms with Gasteiger partial charge in [0.15, 0.2) is 16.6 Å². The molecular formula is C24H26N2O4S. The quantitative estimate of drug-likeness (QED) is 0.396. The van der Waals surface area contributed by atoms with Gasteiger partial charge in [0, 0.05) is 13.1 Å². The van der Waals surface area contributed by atoms with Crippen molar-refractivity contribution < 1.29 is 19.0 Å². The molecule has 2 aromatic rings. The second-order valence-corrected chi connectivity index (χ2v) is 8.07. The van der Waals surface area contributed by atoms with Crippen molar-refractivity contribution in [3.05, 3.63) is 65.7 Å². The first-order valence-corrected chi connectivity index (χ1v) is 10.8. The van der Waals surface area contributed by atoms with Crippen LogP contribution in [0.5, 0.6) is 11.5 Å². The summed E-state index contributed by atoms with van der Waals surface area (Å²) in [6.07, 6.45) is 7.75. The number of fused-ring (bicyclic) bond motifs is 1. The zero-order valence-corrected chi connectivity index (χ0v) is 18.3. The lowest BCUT2D eigenvalue weighted by Gasteiger charge is -2.31. The highest BCUT2D eigenvalue weighted by atomic mass is 32.1. The lowest BCUT2D eigenvalue weighted by atomic mass is 9.94. The van der Waals surface area contributed by atoms with E-state index in [0.717, 1.165) is 42.9 Å². The van der Waals surface area contributed by atoms with E-state index in [0.29, 0.717) is 28.8 Å². The van der Waals surface area contributed by atoms with Crippen molar-refractivity contribution >= 4 is 29.0 Å². The normalized spacial score (nSPS) is 16.6. The number of allylic oxidation sites excluding steroid dienone is 2. The van der Waals surface area contributed by atoms with Gasteiger partial charge in [0.25, 0.3) is 0 Å². The average Bonchev–Trinajstić information content (AvgIpc) is 3.27. The SMILES string of the molecule is COC(=O)c1ccccc1NC(=S)N(Cc1ccc2c(c1)OCO2)CC1CC=CCC1. The minimum Gasteiger partial charge on any atom is -0.465 e. The molecule has 162 valence electrons. The smallest absolute Gasteiger partial charge is 0.339 e. The predicted molar refractivity (Wildman–Crippen MR) is 123 cm³/mol. The zero-order valence-electron chi connectivity index (χ0n) is 17.5. The third kappa shape index (κ3) is 5.17. The Balaban J connectivity index is 1.54. The number of anilines is 1. The summed E-state index contributed by atoms with van der Waals surface area (Å²) in [6.45, 7) is 1.70. The minimum atomic E-state index is -0.398. The Morgan fingerprint density at radius 2 is 2.03 bits per heavy atom. The van der Waals surface area contributed by atoms with Crippen molar-refractivity contribution in [3.63, 3.8) is 0 Å². The third-order valence-corrected chi connectivity index (χ3v) is 5.89. The molecule has 0 radical (unpaired) electrons. The van der Waals surface area contributed by atoms with Gasteiger partial charge >= 0.3 is 5.97 Å². The van der Waals surface area contributed by atoms with Crippen molar-refractivity contribution in [2.45, 2.75) is 25.8 Å². The molecular weight excluding hydrogens is 412 g/mol. The maximum Gasteiger partial charge on any atom is 0.339 e. The number of rotatable bonds is 6. The fourth-order valence-electron chi connectivity index (χ4n) is 3.89. The average molecular weight is 439 g/mol. The molecule has 31 heavy (non-hydrogen) atoms. The summed E-state index contributed by atoms with van der Waals surface area (Å²) in [5.41, 5.74) is 2.18. The van der Waals surface area contributed by atoms with Gasteiger partial charge in [0.1, 0.15) is 0 Å². The number of carbonyl (C=O) groups is 1. The maximum atomic E-state index is 12.1. The summed E-state index contributed by atoms with van der Waals surface area (Å²) >= 11 is 5.80. The Morgan fingerprint density at radius 1 is 1.19 bits per heavy atom. The molecule has 1 unspecified atom stereocenters. The van der Waals surface area contributed by atoms with Crippen molar-refractivity contribution in [2.75, 3.05) is 25.8 Å². The fourth-order valence-corrected chi connectivity index (χ4v) is 4.14. The molecule has 2 aromatic carbocycles. The lowest BCUT2D eigenvalue weighted by Crippen LogP contribution is -2.38. The summed E-state index contributed by atoms with van der Waals surface area (Å²) in [5, 5.41) is 3.84. The van der Waals surface area contributed by atoms with E-state index in [1.54, 1.807) is 12.1 Å². The van der Waals surface area contributed by atoms with Gasteiger partial charge in [0.05, 0.1) is 18.4 Å². The van der Waals surface area contributed by atoms with Crippen LogP contribution < -0.4 is 14.8 Å². The van der Waals surface area contributed by atoms with Crippen LogP contribution in [0.3, 0.4) is 0 Å². The topological polar surface area (TPSA) is 60.0 Å². The number of hydrogen-bond acceptors (Lipinski definition) is 5. The second-order valence-electron chi connectivity index (χ2n) is 7.69. The summed E-state index contributed by atoms with van der Waals surface area (Å²) < 4.78 is 15.9. The van der Waals surface area contributed by atoms with Gasteiger partial charge in [-0.25, -0.2) is 4.79 Å². The number of benzene rings is 2. The second kappa shape index (κ2) is 9.83. The Labute approximate surface area is 187 Å². The predicted octanol–water partition coefficient (Wildman–Crippen LogP) is 4.76.